The number of hydrogen-bond donors (Lipinski definition) is 3. The first-order valence-electron chi connectivity index (χ1n) is 19.5. The monoisotopic (exact) mass is 809 g/mol. The third-order valence-electron chi connectivity index (χ3n) is 14.8. The van der Waals surface area contributed by atoms with E-state index in [4.69, 9.17) is 23.2 Å². The lowest BCUT2D eigenvalue weighted by Gasteiger charge is -2.39. The molecule has 12 atom stereocenters. The molecule has 1 aliphatic heterocycles. The van der Waals surface area contributed by atoms with E-state index in [9.17, 15) is 39.0 Å². The standard InChI is InChI=1S/C42H45Cl2NO11/c1-6-9-10-11-14-39-36(54)45-37(55)42(39,32(49)27-24-18(4)15-20(35(52)53)16-21(24)17-38(27,56)23(46)13-8-3)41(39)31(48)25(29(44)34(41)51)26-19(5)40(26)30(47)22(12-7-2)28(43)33(40)50/h7-8,12-13,18-21,24,26-27,56H,6,9-11,14-17H2,1-5H3,(H,52,53)(H,45,54,55). The van der Waals surface area contributed by atoms with Crippen LogP contribution in [0.1, 0.15) is 86.0 Å². The van der Waals surface area contributed by atoms with Crippen LogP contribution in [0.5, 0.6) is 0 Å². The number of halogens is 2. The molecule has 14 heteroatoms. The van der Waals surface area contributed by atoms with Gasteiger partial charge in [-0.1, -0.05) is 87.9 Å². The maximum absolute atomic E-state index is 15.9. The molecule has 2 spiro atoms. The van der Waals surface area contributed by atoms with Gasteiger partial charge in [-0.15, -0.1) is 0 Å². The minimum atomic E-state index is -2.74. The van der Waals surface area contributed by atoms with Gasteiger partial charge in [0, 0.05) is 17.1 Å². The van der Waals surface area contributed by atoms with E-state index in [1.165, 1.54) is 32.1 Å². The predicted octanol–water partition coefficient (Wildman–Crippen LogP) is 4.53. The van der Waals surface area contributed by atoms with Gasteiger partial charge in [0.15, 0.2) is 34.7 Å². The van der Waals surface area contributed by atoms with Crippen LogP contribution in [0.15, 0.2) is 45.5 Å². The van der Waals surface area contributed by atoms with Crippen molar-refractivity contribution in [3.8, 4) is 0 Å². The van der Waals surface area contributed by atoms with Crippen LogP contribution in [0.4, 0.5) is 0 Å². The van der Waals surface area contributed by atoms with Crippen molar-refractivity contribution in [3.05, 3.63) is 45.5 Å². The molecule has 5 fully saturated rings. The third kappa shape index (κ3) is 4.33. The molecule has 6 aliphatic carbocycles. The van der Waals surface area contributed by atoms with Gasteiger partial charge < -0.3 is 10.2 Å². The molecule has 0 aromatic carbocycles. The molecule has 0 radical (unpaired) electrons. The lowest BCUT2D eigenvalue weighted by molar-refractivity contribution is -0.155. The molecule has 56 heavy (non-hydrogen) atoms. The van der Waals surface area contributed by atoms with Crippen LogP contribution in [0.25, 0.3) is 0 Å². The first-order valence-corrected chi connectivity index (χ1v) is 20.2. The molecule has 7 rings (SSSR count). The van der Waals surface area contributed by atoms with Crippen molar-refractivity contribution >= 4 is 75.7 Å². The molecule has 12 unspecified atom stereocenters. The average molecular weight is 811 g/mol. The number of carboxylic acid groups (broad SMARTS) is 1. The van der Waals surface area contributed by atoms with Gasteiger partial charge in [0.1, 0.15) is 21.8 Å². The second-order valence-corrected chi connectivity index (χ2v) is 17.8. The number of ketones is 6. The number of Topliss-reactive ketones (excluding diaryl/α,β-unsaturated/α-hetero) is 5. The molecule has 3 N–H and O–H groups in total. The molecule has 1 heterocycles. The number of imide groups is 1. The summed E-state index contributed by atoms with van der Waals surface area (Å²) >= 11 is 13.2. The van der Waals surface area contributed by atoms with Crippen molar-refractivity contribution in [2.45, 2.75) is 91.6 Å². The van der Waals surface area contributed by atoms with Crippen molar-refractivity contribution in [2.75, 3.05) is 0 Å². The molecule has 12 nitrogen and oxygen atoms in total. The summed E-state index contributed by atoms with van der Waals surface area (Å²) in [4.78, 5) is 129. The van der Waals surface area contributed by atoms with E-state index in [0.29, 0.717) is 12.8 Å². The van der Waals surface area contributed by atoms with Crippen LogP contribution in [0, 0.1) is 63.1 Å². The number of rotatable bonds is 12. The molecule has 2 amide bonds. The van der Waals surface area contributed by atoms with Crippen molar-refractivity contribution < 1.29 is 53.4 Å². The Balaban J connectivity index is 1.41. The number of hydrogen-bond acceptors (Lipinski definition) is 10. The highest BCUT2D eigenvalue weighted by Crippen LogP contribution is 2.88. The molecular formula is C42H45Cl2NO11. The number of carbonyl (C=O) groups is 9. The first-order chi connectivity index (χ1) is 26.3. The number of allylic oxidation sites excluding steroid dienone is 7. The number of fused-ring (bicyclic) bond motifs is 4. The van der Waals surface area contributed by atoms with Gasteiger partial charge in [0.05, 0.1) is 27.3 Å². The van der Waals surface area contributed by atoms with E-state index in [-0.39, 0.29) is 42.7 Å². The molecule has 0 aromatic heterocycles. The summed E-state index contributed by atoms with van der Waals surface area (Å²) in [6.45, 7) is 8.33. The van der Waals surface area contributed by atoms with Crippen molar-refractivity contribution in [3.63, 3.8) is 0 Å². The summed E-state index contributed by atoms with van der Waals surface area (Å²) in [5, 5.41) is 23.6. The number of amides is 2. The Morgan fingerprint density at radius 3 is 2.16 bits per heavy atom. The smallest absolute Gasteiger partial charge is 0.306 e. The number of carboxylic acids is 1. The van der Waals surface area contributed by atoms with E-state index >= 15 is 14.4 Å². The maximum Gasteiger partial charge on any atom is 0.306 e. The Bertz CT molecular complexity index is 2100. The molecule has 0 aromatic rings. The van der Waals surface area contributed by atoms with Crippen LogP contribution in [-0.2, 0) is 43.2 Å². The maximum atomic E-state index is 15.9. The Morgan fingerprint density at radius 1 is 0.875 bits per heavy atom. The van der Waals surface area contributed by atoms with Gasteiger partial charge in [-0.25, -0.2) is 0 Å². The molecule has 298 valence electrons. The predicted molar refractivity (Wildman–Crippen MR) is 199 cm³/mol. The summed E-state index contributed by atoms with van der Waals surface area (Å²) in [6, 6.07) is 0. The zero-order valence-electron chi connectivity index (χ0n) is 31.8. The third-order valence-corrected chi connectivity index (χ3v) is 15.6. The summed E-state index contributed by atoms with van der Waals surface area (Å²) < 4.78 is 0. The van der Waals surface area contributed by atoms with Gasteiger partial charge in [0.2, 0.25) is 11.8 Å². The number of piperidine rings is 1. The number of nitrogens with one attached hydrogen (secondary N) is 1. The zero-order chi connectivity index (χ0) is 41.2. The van der Waals surface area contributed by atoms with Crippen LogP contribution < -0.4 is 5.32 Å². The Hall–Kier alpha value is -3.87. The number of carbonyl (C=O) groups excluding carboxylic acids is 8. The Kier molecular flexibility index (Phi) is 9.42. The second kappa shape index (κ2) is 13.1. The van der Waals surface area contributed by atoms with Crippen LogP contribution in [0.2, 0.25) is 0 Å². The summed E-state index contributed by atoms with van der Waals surface area (Å²) in [6.07, 6.45) is 7.03. The van der Waals surface area contributed by atoms with Crippen molar-refractivity contribution in [1.29, 1.82) is 0 Å². The van der Waals surface area contributed by atoms with Gasteiger partial charge in [-0.3, -0.25) is 48.5 Å². The molecule has 1 saturated heterocycles. The van der Waals surface area contributed by atoms with Crippen molar-refractivity contribution in [2.24, 2.45) is 63.1 Å². The van der Waals surface area contributed by atoms with E-state index in [2.05, 4.69) is 5.32 Å². The number of aliphatic carboxylic acids is 1. The SMILES string of the molecule is CC=CC(=O)C1(O)CC2CC(C(=O)O)CC(C)C2C1C(=O)C12C(=O)NC(=O)C1(CCCCCC)C21C(=O)C(Cl)=C(C2C(C)C23C(=O)C(Cl)=C(C=CC)C3=O)C1=O. The number of unbranched alkanes of at least 4 members (excludes halogenated alkanes) is 3. The average Bonchev–Trinajstić information content (AvgIpc) is 3.76. The lowest BCUT2D eigenvalue weighted by atomic mass is 9.63. The van der Waals surface area contributed by atoms with E-state index in [0.717, 1.165) is 12.5 Å². The first kappa shape index (κ1) is 40.3. The van der Waals surface area contributed by atoms with Gasteiger partial charge in [0.25, 0.3) is 0 Å². The van der Waals surface area contributed by atoms with Crippen LogP contribution in [-0.4, -0.2) is 68.3 Å². The molecule has 0 bridgehead atoms. The Morgan fingerprint density at radius 2 is 1.55 bits per heavy atom. The Labute approximate surface area is 333 Å². The second-order valence-electron chi connectivity index (χ2n) is 17.1. The summed E-state index contributed by atoms with van der Waals surface area (Å²) in [5.41, 5.74) is -12.6. The van der Waals surface area contributed by atoms with E-state index < -0.39 is 132 Å². The fourth-order valence-corrected chi connectivity index (χ4v) is 13.3. The minimum Gasteiger partial charge on any atom is -0.481 e. The quantitative estimate of drug-likeness (QED) is 0.108. The van der Waals surface area contributed by atoms with Gasteiger partial charge >= 0.3 is 5.97 Å². The molecular weight excluding hydrogens is 765 g/mol. The van der Waals surface area contributed by atoms with Crippen LogP contribution >= 0.6 is 23.2 Å². The van der Waals surface area contributed by atoms with E-state index in [1.54, 1.807) is 13.8 Å². The molecule has 4 saturated carbocycles. The highest BCUT2D eigenvalue weighted by Gasteiger charge is 3.05. The van der Waals surface area contributed by atoms with Gasteiger partial charge in [-0.05, 0) is 69.3 Å². The fourth-order valence-electron chi connectivity index (χ4n) is 12.7. The highest BCUT2D eigenvalue weighted by atomic mass is 35.5. The summed E-state index contributed by atoms with van der Waals surface area (Å²) in [7, 11) is 0. The zero-order valence-corrected chi connectivity index (χ0v) is 33.3. The van der Waals surface area contributed by atoms with Gasteiger partial charge in [-0.2, -0.15) is 0 Å². The summed E-state index contributed by atoms with van der Waals surface area (Å²) in [5.74, 6) is -15.8. The van der Waals surface area contributed by atoms with E-state index in [1.807, 2.05) is 6.92 Å². The largest absolute Gasteiger partial charge is 0.481 e. The topological polar surface area (TPSA) is 206 Å². The normalized spacial score (nSPS) is 42.6. The molecule has 7 aliphatic rings. The minimum absolute atomic E-state index is 0.0237. The fraction of sp³-hybridized carbons (Fsp3) is 0.595. The van der Waals surface area contributed by atoms with Crippen LogP contribution in [0.3, 0.4) is 0 Å². The van der Waals surface area contributed by atoms with Crippen molar-refractivity contribution in [1.82, 2.24) is 5.32 Å². The lowest BCUT2D eigenvalue weighted by Crippen LogP contribution is -2.54. The number of aliphatic hydroxyl groups is 1. The highest BCUT2D eigenvalue weighted by molar-refractivity contribution is 6.57.